The van der Waals surface area contributed by atoms with Crippen molar-refractivity contribution < 1.29 is 4.79 Å². The van der Waals surface area contributed by atoms with Crippen LogP contribution < -0.4 is 16.6 Å². The highest BCUT2D eigenvalue weighted by atomic mass is 16.1. The summed E-state index contributed by atoms with van der Waals surface area (Å²) in [5, 5.41) is 2.77. The van der Waals surface area contributed by atoms with Gasteiger partial charge in [0.1, 0.15) is 5.69 Å². The zero-order valence-corrected chi connectivity index (χ0v) is 9.53. The van der Waals surface area contributed by atoms with Crippen molar-refractivity contribution in [2.75, 3.05) is 32.6 Å². The van der Waals surface area contributed by atoms with Gasteiger partial charge in [0.25, 0.3) is 5.91 Å². The van der Waals surface area contributed by atoms with E-state index < -0.39 is 0 Å². The average molecular weight is 223 g/mol. The fourth-order valence-corrected chi connectivity index (χ4v) is 1.13. The van der Waals surface area contributed by atoms with E-state index in [1.54, 1.807) is 12.1 Å². The molecule has 88 valence electrons. The van der Waals surface area contributed by atoms with Gasteiger partial charge in [-0.3, -0.25) is 15.6 Å². The summed E-state index contributed by atoms with van der Waals surface area (Å²) in [5.41, 5.74) is 3.48. The van der Waals surface area contributed by atoms with E-state index in [0.29, 0.717) is 17.9 Å². The molecule has 0 saturated carbocycles. The first-order chi connectivity index (χ1) is 7.63. The summed E-state index contributed by atoms with van der Waals surface area (Å²) in [4.78, 5) is 17.6. The molecule has 1 aromatic rings. The number of rotatable bonds is 5. The van der Waals surface area contributed by atoms with Crippen LogP contribution in [0, 0.1) is 0 Å². The number of nitrogen functional groups attached to an aromatic ring is 1. The molecule has 4 N–H and O–H groups in total. The number of aromatic nitrogens is 1. The van der Waals surface area contributed by atoms with Crippen molar-refractivity contribution in [2.24, 2.45) is 5.84 Å². The first-order valence-corrected chi connectivity index (χ1v) is 4.99. The van der Waals surface area contributed by atoms with Crippen molar-refractivity contribution in [2.45, 2.75) is 0 Å². The third-order valence-corrected chi connectivity index (χ3v) is 2.00. The highest BCUT2D eigenvalue weighted by Gasteiger charge is 2.06. The minimum Gasteiger partial charge on any atom is -0.349 e. The van der Waals surface area contributed by atoms with E-state index in [1.165, 1.54) is 6.20 Å². The average Bonchev–Trinajstić information content (AvgIpc) is 2.28. The Hall–Kier alpha value is -1.66. The molecule has 0 radical (unpaired) electrons. The molecule has 1 amide bonds. The van der Waals surface area contributed by atoms with Crippen LogP contribution in [0.15, 0.2) is 18.3 Å². The maximum atomic E-state index is 11.6. The second-order valence-corrected chi connectivity index (χ2v) is 3.63. The molecule has 1 aromatic heterocycles. The number of amides is 1. The zero-order chi connectivity index (χ0) is 12.0. The van der Waals surface area contributed by atoms with Crippen LogP contribution >= 0.6 is 0 Å². The van der Waals surface area contributed by atoms with E-state index in [4.69, 9.17) is 5.84 Å². The van der Waals surface area contributed by atoms with E-state index in [0.717, 1.165) is 6.54 Å². The van der Waals surface area contributed by atoms with Gasteiger partial charge in [-0.25, -0.2) is 0 Å². The number of nitrogens with zero attached hydrogens (tertiary/aromatic N) is 2. The predicted molar refractivity (Wildman–Crippen MR) is 62.9 cm³/mol. The van der Waals surface area contributed by atoms with Gasteiger partial charge in [-0.15, -0.1) is 0 Å². The van der Waals surface area contributed by atoms with Crippen LogP contribution in [0.25, 0.3) is 0 Å². The Labute approximate surface area is 94.8 Å². The Morgan fingerprint density at radius 3 is 2.94 bits per heavy atom. The minimum atomic E-state index is -0.195. The Morgan fingerprint density at radius 1 is 1.56 bits per heavy atom. The summed E-state index contributed by atoms with van der Waals surface area (Å²) in [6.07, 6.45) is 1.54. The summed E-state index contributed by atoms with van der Waals surface area (Å²) in [6.45, 7) is 1.38. The van der Waals surface area contributed by atoms with Gasteiger partial charge in [0, 0.05) is 19.3 Å². The van der Waals surface area contributed by atoms with Crippen molar-refractivity contribution >= 4 is 11.6 Å². The number of hydrazine groups is 1. The number of hydrogen-bond acceptors (Lipinski definition) is 5. The zero-order valence-electron chi connectivity index (χ0n) is 9.53. The van der Waals surface area contributed by atoms with Crippen LogP contribution in [0.1, 0.15) is 10.5 Å². The van der Waals surface area contributed by atoms with Crippen molar-refractivity contribution in [1.29, 1.82) is 0 Å². The molecule has 0 fully saturated rings. The van der Waals surface area contributed by atoms with Crippen LogP contribution in [0.5, 0.6) is 0 Å². The van der Waals surface area contributed by atoms with Crippen LogP contribution in [-0.2, 0) is 0 Å². The van der Waals surface area contributed by atoms with Gasteiger partial charge >= 0.3 is 0 Å². The Balaban J connectivity index is 2.52. The topological polar surface area (TPSA) is 83.3 Å². The van der Waals surface area contributed by atoms with E-state index in [1.807, 2.05) is 19.0 Å². The molecule has 6 heteroatoms. The molecule has 0 aliphatic heterocycles. The van der Waals surface area contributed by atoms with Gasteiger partial charge in [0.15, 0.2) is 0 Å². The van der Waals surface area contributed by atoms with Crippen molar-refractivity contribution in [3.63, 3.8) is 0 Å². The largest absolute Gasteiger partial charge is 0.349 e. The maximum Gasteiger partial charge on any atom is 0.269 e. The van der Waals surface area contributed by atoms with Gasteiger partial charge in [0.05, 0.1) is 5.69 Å². The van der Waals surface area contributed by atoms with Gasteiger partial charge < -0.3 is 15.6 Å². The van der Waals surface area contributed by atoms with Crippen LogP contribution in [-0.4, -0.2) is 43.0 Å². The first-order valence-electron chi connectivity index (χ1n) is 4.99. The molecule has 16 heavy (non-hydrogen) atoms. The summed E-state index contributed by atoms with van der Waals surface area (Å²) >= 11 is 0. The second kappa shape index (κ2) is 6.04. The fraction of sp³-hybridized carbons (Fsp3) is 0.400. The summed E-state index contributed by atoms with van der Waals surface area (Å²) in [6, 6.07) is 3.29. The lowest BCUT2D eigenvalue weighted by Crippen LogP contribution is -2.31. The number of carbonyl (C=O) groups is 1. The highest BCUT2D eigenvalue weighted by molar-refractivity contribution is 5.93. The SMILES string of the molecule is CN(C)CCNC(=O)c1cc(NN)ccn1. The Bertz CT molecular complexity index is 353. The standard InChI is InChI=1S/C10H17N5O/c1-15(2)6-5-13-10(16)9-7-8(14-11)3-4-12-9/h3-4,7H,5-6,11H2,1-2H3,(H,12,14)(H,13,16). The molecular formula is C10H17N5O. The lowest BCUT2D eigenvalue weighted by Gasteiger charge is -2.10. The number of hydrogen-bond donors (Lipinski definition) is 3. The van der Waals surface area contributed by atoms with Crippen molar-refractivity contribution in [1.82, 2.24) is 15.2 Å². The molecule has 0 aliphatic carbocycles. The minimum absolute atomic E-state index is 0.195. The fourth-order valence-electron chi connectivity index (χ4n) is 1.13. The third kappa shape index (κ3) is 3.84. The number of nitrogens with two attached hydrogens (primary N) is 1. The number of pyridine rings is 1. The first kappa shape index (κ1) is 12.4. The summed E-state index contributed by atoms with van der Waals surface area (Å²) in [5.74, 6) is 5.05. The number of carbonyl (C=O) groups excluding carboxylic acids is 1. The molecule has 6 nitrogen and oxygen atoms in total. The van der Waals surface area contributed by atoms with Crippen molar-refractivity contribution in [3.05, 3.63) is 24.0 Å². The molecular weight excluding hydrogens is 206 g/mol. The van der Waals surface area contributed by atoms with Crippen molar-refractivity contribution in [3.8, 4) is 0 Å². The molecule has 0 spiro atoms. The lowest BCUT2D eigenvalue weighted by molar-refractivity contribution is 0.0946. The van der Waals surface area contributed by atoms with Crippen LogP contribution in [0.2, 0.25) is 0 Å². The van der Waals surface area contributed by atoms with E-state index in [-0.39, 0.29) is 5.91 Å². The molecule has 0 unspecified atom stereocenters. The number of likely N-dealkylation sites (N-methyl/N-ethyl adjacent to an activating group) is 1. The van der Waals surface area contributed by atoms with Gasteiger partial charge in [-0.2, -0.15) is 0 Å². The molecule has 0 bridgehead atoms. The molecule has 1 heterocycles. The summed E-state index contributed by atoms with van der Waals surface area (Å²) < 4.78 is 0. The maximum absolute atomic E-state index is 11.6. The third-order valence-electron chi connectivity index (χ3n) is 2.00. The highest BCUT2D eigenvalue weighted by Crippen LogP contribution is 2.05. The Morgan fingerprint density at radius 2 is 2.31 bits per heavy atom. The van der Waals surface area contributed by atoms with Crippen LogP contribution in [0.3, 0.4) is 0 Å². The predicted octanol–water partition coefficient (Wildman–Crippen LogP) is -0.341. The smallest absolute Gasteiger partial charge is 0.269 e. The molecule has 0 saturated heterocycles. The van der Waals surface area contributed by atoms with E-state index in [9.17, 15) is 4.79 Å². The number of nitrogens with one attached hydrogen (secondary N) is 2. The number of anilines is 1. The monoisotopic (exact) mass is 223 g/mol. The van der Waals surface area contributed by atoms with E-state index >= 15 is 0 Å². The molecule has 0 aromatic carbocycles. The molecule has 0 aliphatic rings. The van der Waals surface area contributed by atoms with Gasteiger partial charge in [0.2, 0.25) is 0 Å². The van der Waals surface area contributed by atoms with Gasteiger partial charge in [-0.1, -0.05) is 0 Å². The van der Waals surface area contributed by atoms with E-state index in [2.05, 4.69) is 15.7 Å². The normalized spacial score (nSPS) is 10.2. The Kier molecular flexibility index (Phi) is 4.68. The molecule has 1 rings (SSSR count). The molecule has 0 atom stereocenters. The van der Waals surface area contributed by atoms with Gasteiger partial charge in [-0.05, 0) is 26.2 Å². The lowest BCUT2D eigenvalue weighted by atomic mass is 10.3. The quantitative estimate of drug-likeness (QED) is 0.470. The summed E-state index contributed by atoms with van der Waals surface area (Å²) in [7, 11) is 3.90. The van der Waals surface area contributed by atoms with Crippen LogP contribution in [0.4, 0.5) is 5.69 Å². The second-order valence-electron chi connectivity index (χ2n) is 3.63.